The summed E-state index contributed by atoms with van der Waals surface area (Å²) in [7, 11) is 0. The second-order valence-corrected chi connectivity index (χ2v) is 4.71. The molecule has 0 unspecified atom stereocenters. The third-order valence-corrected chi connectivity index (χ3v) is 3.12. The SMILES string of the molecule is CC(C)c1ccccc1-c1ccc(CO)c(F)c1. The summed E-state index contributed by atoms with van der Waals surface area (Å²) in [6, 6.07) is 13.0. The number of rotatable bonds is 3. The average molecular weight is 244 g/mol. The van der Waals surface area contributed by atoms with Gasteiger partial charge < -0.3 is 5.11 Å². The first-order chi connectivity index (χ1) is 8.63. The molecule has 2 aromatic rings. The lowest BCUT2D eigenvalue weighted by molar-refractivity contribution is 0.276. The summed E-state index contributed by atoms with van der Waals surface area (Å²) in [6.45, 7) is 3.98. The Morgan fingerprint density at radius 1 is 1.11 bits per heavy atom. The maximum Gasteiger partial charge on any atom is 0.129 e. The molecule has 2 aromatic carbocycles. The largest absolute Gasteiger partial charge is 0.392 e. The van der Waals surface area contributed by atoms with Crippen molar-refractivity contribution < 1.29 is 9.50 Å². The fraction of sp³-hybridized carbons (Fsp3) is 0.250. The Labute approximate surface area is 107 Å². The fourth-order valence-electron chi connectivity index (χ4n) is 2.11. The molecule has 1 nitrogen and oxygen atoms in total. The highest BCUT2D eigenvalue weighted by Crippen LogP contribution is 2.30. The summed E-state index contributed by atoms with van der Waals surface area (Å²) in [6.07, 6.45) is 0. The first-order valence-corrected chi connectivity index (χ1v) is 6.12. The van der Waals surface area contributed by atoms with Crippen molar-refractivity contribution in [3.05, 3.63) is 59.4 Å². The minimum absolute atomic E-state index is 0.266. The van der Waals surface area contributed by atoms with Crippen molar-refractivity contribution in [2.45, 2.75) is 26.4 Å². The van der Waals surface area contributed by atoms with E-state index < -0.39 is 0 Å². The van der Waals surface area contributed by atoms with Crippen molar-refractivity contribution in [1.82, 2.24) is 0 Å². The molecule has 0 aliphatic heterocycles. The van der Waals surface area contributed by atoms with Crippen LogP contribution in [0.25, 0.3) is 11.1 Å². The first kappa shape index (κ1) is 12.8. The second-order valence-electron chi connectivity index (χ2n) is 4.71. The van der Waals surface area contributed by atoms with Gasteiger partial charge >= 0.3 is 0 Å². The highest BCUT2D eigenvalue weighted by atomic mass is 19.1. The molecule has 18 heavy (non-hydrogen) atoms. The molecular weight excluding hydrogens is 227 g/mol. The monoisotopic (exact) mass is 244 g/mol. The van der Waals surface area contributed by atoms with Gasteiger partial charge in [-0.05, 0) is 28.7 Å². The van der Waals surface area contributed by atoms with Crippen LogP contribution in [0.5, 0.6) is 0 Å². The van der Waals surface area contributed by atoms with Crippen LogP contribution < -0.4 is 0 Å². The Bertz CT molecular complexity index is 547. The third kappa shape index (κ3) is 2.44. The zero-order valence-corrected chi connectivity index (χ0v) is 10.7. The molecule has 0 fully saturated rings. The topological polar surface area (TPSA) is 20.2 Å². The molecular formula is C16H17FO. The van der Waals surface area contributed by atoms with Gasteiger partial charge in [-0.2, -0.15) is 0 Å². The average Bonchev–Trinajstić information content (AvgIpc) is 2.38. The molecule has 0 saturated carbocycles. The normalized spacial score (nSPS) is 10.9. The van der Waals surface area contributed by atoms with Crippen molar-refractivity contribution in [1.29, 1.82) is 0 Å². The third-order valence-electron chi connectivity index (χ3n) is 3.12. The van der Waals surface area contributed by atoms with E-state index in [4.69, 9.17) is 5.11 Å². The van der Waals surface area contributed by atoms with Crippen molar-refractivity contribution >= 4 is 0 Å². The van der Waals surface area contributed by atoms with Crippen LogP contribution in [0.2, 0.25) is 0 Å². The molecule has 0 spiro atoms. The Kier molecular flexibility index (Phi) is 3.78. The van der Waals surface area contributed by atoms with E-state index in [1.807, 2.05) is 24.3 Å². The van der Waals surface area contributed by atoms with Crippen LogP contribution >= 0.6 is 0 Å². The summed E-state index contributed by atoms with van der Waals surface area (Å²) < 4.78 is 13.7. The van der Waals surface area contributed by atoms with E-state index in [0.717, 1.165) is 11.1 Å². The van der Waals surface area contributed by atoms with Crippen molar-refractivity contribution in [2.75, 3.05) is 0 Å². The number of benzene rings is 2. The molecule has 0 bridgehead atoms. The van der Waals surface area contributed by atoms with Gasteiger partial charge in [0.1, 0.15) is 5.82 Å². The molecule has 0 aliphatic carbocycles. The van der Waals surface area contributed by atoms with Gasteiger partial charge in [0, 0.05) is 5.56 Å². The highest BCUT2D eigenvalue weighted by molar-refractivity contribution is 5.68. The molecule has 2 rings (SSSR count). The number of hydrogen-bond acceptors (Lipinski definition) is 1. The van der Waals surface area contributed by atoms with Gasteiger partial charge in [-0.15, -0.1) is 0 Å². The number of halogens is 1. The van der Waals surface area contributed by atoms with E-state index in [0.29, 0.717) is 11.5 Å². The van der Waals surface area contributed by atoms with Crippen LogP contribution in [0, 0.1) is 5.82 Å². The van der Waals surface area contributed by atoms with E-state index >= 15 is 0 Å². The van der Waals surface area contributed by atoms with Crippen LogP contribution in [-0.2, 0) is 6.61 Å². The molecule has 0 saturated heterocycles. The Hall–Kier alpha value is -1.67. The number of aliphatic hydroxyl groups is 1. The smallest absolute Gasteiger partial charge is 0.129 e. The van der Waals surface area contributed by atoms with Gasteiger partial charge in [0.25, 0.3) is 0 Å². The van der Waals surface area contributed by atoms with Gasteiger partial charge in [-0.25, -0.2) is 4.39 Å². The van der Waals surface area contributed by atoms with Crippen molar-refractivity contribution in [3.63, 3.8) is 0 Å². The molecule has 0 radical (unpaired) electrons. The van der Waals surface area contributed by atoms with E-state index in [1.165, 1.54) is 11.6 Å². The lowest BCUT2D eigenvalue weighted by Crippen LogP contribution is -1.94. The molecule has 2 heteroatoms. The molecule has 1 N–H and O–H groups in total. The zero-order chi connectivity index (χ0) is 13.1. The van der Waals surface area contributed by atoms with Crippen LogP contribution in [0.15, 0.2) is 42.5 Å². The summed E-state index contributed by atoms with van der Waals surface area (Å²) in [4.78, 5) is 0. The van der Waals surface area contributed by atoms with E-state index in [1.54, 1.807) is 6.07 Å². The number of aliphatic hydroxyl groups excluding tert-OH is 1. The molecule has 0 aromatic heterocycles. The summed E-state index contributed by atoms with van der Waals surface area (Å²) in [5.74, 6) is 0.0374. The van der Waals surface area contributed by atoms with Gasteiger partial charge in [-0.3, -0.25) is 0 Å². The van der Waals surface area contributed by atoms with E-state index in [2.05, 4.69) is 19.9 Å². The molecule has 94 valence electrons. The highest BCUT2D eigenvalue weighted by Gasteiger charge is 2.09. The standard InChI is InChI=1S/C16H17FO/c1-11(2)14-5-3-4-6-15(14)12-7-8-13(10-18)16(17)9-12/h3-9,11,18H,10H2,1-2H3. The summed E-state index contributed by atoms with van der Waals surface area (Å²) in [5.41, 5.74) is 3.44. The van der Waals surface area contributed by atoms with Gasteiger partial charge in [0.15, 0.2) is 0 Å². The maximum atomic E-state index is 13.7. The Morgan fingerprint density at radius 3 is 2.44 bits per heavy atom. The quantitative estimate of drug-likeness (QED) is 0.861. The Morgan fingerprint density at radius 2 is 1.83 bits per heavy atom. The molecule has 0 atom stereocenters. The fourth-order valence-corrected chi connectivity index (χ4v) is 2.11. The van der Waals surface area contributed by atoms with E-state index in [9.17, 15) is 4.39 Å². The lowest BCUT2D eigenvalue weighted by atomic mass is 9.92. The van der Waals surface area contributed by atoms with E-state index in [-0.39, 0.29) is 12.4 Å². The van der Waals surface area contributed by atoms with Crippen LogP contribution in [0.4, 0.5) is 4.39 Å². The minimum Gasteiger partial charge on any atom is -0.392 e. The predicted molar refractivity (Wildman–Crippen MR) is 71.8 cm³/mol. The van der Waals surface area contributed by atoms with Crippen molar-refractivity contribution in [3.8, 4) is 11.1 Å². The maximum absolute atomic E-state index is 13.7. The Balaban J connectivity index is 2.52. The lowest BCUT2D eigenvalue weighted by Gasteiger charge is -2.13. The van der Waals surface area contributed by atoms with Crippen LogP contribution in [-0.4, -0.2) is 5.11 Å². The minimum atomic E-state index is -0.353. The molecule has 0 amide bonds. The first-order valence-electron chi connectivity index (χ1n) is 6.12. The number of hydrogen-bond donors (Lipinski definition) is 1. The van der Waals surface area contributed by atoms with Gasteiger partial charge in [0.2, 0.25) is 0 Å². The zero-order valence-electron chi connectivity index (χ0n) is 10.7. The van der Waals surface area contributed by atoms with Crippen LogP contribution in [0.3, 0.4) is 0 Å². The van der Waals surface area contributed by atoms with Gasteiger partial charge in [0.05, 0.1) is 6.61 Å². The van der Waals surface area contributed by atoms with Crippen molar-refractivity contribution in [2.24, 2.45) is 0 Å². The summed E-state index contributed by atoms with van der Waals surface area (Å²) in [5, 5.41) is 8.98. The predicted octanol–water partition coefficient (Wildman–Crippen LogP) is 4.11. The molecule has 0 heterocycles. The van der Waals surface area contributed by atoms with Gasteiger partial charge in [-0.1, -0.05) is 50.2 Å². The second kappa shape index (κ2) is 5.32. The van der Waals surface area contributed by atoms with Crippen LogP contribution in [0.1, 0.15) is 30.9 Å². The molecule has 0 aliphatic rings. The summed E-state index contributed by atoms with van der Waals surface area (Å²) >= 11 is 0.